The summed E-state index contributed by atoms with van der Waals surface area (Å²) in [6.45, 7) is 2.46. The van der Waals surface area contributed by atoms with E-state index >= 15 is 0 Å². The number of methoxy groups -OCH3 is 1. The van der Waals surface area contributed by atoms with Crippen molar-refractivity contribution in [3.63, 3.8) is 0 Å². The minimum Gasteiger partial charge on any atom is -0.493 e. The van der Waals surface area contributed by atoms with Crippen LogP contribution < -0.4 is 30.9 Å². The maximum atomic E-state index is 13.4. The highest BCUT2D eigenvalue weighted by molar-refractivity contribution is 8.18. The summed E-state index contributed by atoms with van der Waals surface area (Å²) in [5, 5.41) is 2.95. The van der Waals surface area contributed by atoms with Gasteiger partial charge in [0.15, 0.2) is 22.7 Å². The fourth-order valence-corrected chi connectivity index (χ4v) is 7.44. The number of nitrogens with zero attached hydrogens (tertiary/aromatic N) is 6. The number of nitrogens with one attached hydrogen (secondary N) is 1. The molecule has 0 spiro atoms. The van der Waals surface area contributed by atoms with E-state index in [2.05, 4.69) is 15.2 Å². The number of carbonyl (C=O) groups excluding carboxylic acids is 3. The van der Waals surface area contributed by atoms with Crippen molar-refractivity contribution in [2.45, 2.75) is 6.54 Å². The summed E-state index contributed by atoms with van der Waals surface area (Å²) < 4.78 is 21.0. The molecule has 0 aliphatic carbocycles. The summed E-state index contributed by atoms with van der Waals surface area (Å²) in [7, 11) is 4.29. The van der Waals surface area contributed by atoms with Gasteiger partial charge in [0.1, 0.15) is 6.54 Å². The predicted molar refractivity (Wildman–Crippen MR) is 210 cm³/mol. The second-order valence-corrected chi connectivity index (χ2v) is 14.4. The zero-order valence-corrected chi connectivity index (χ0v) is 32.0. The van der Waals surface area contributed by atoms with E-state index in [4.69, 9.17) is 37.4 Å². The Morgan fingerprint density at radius 2 is 1.71 bits per heavy atom. The number of amides is 3. The zero-order chi connectivity index (χ0) is 39.0. The molecule has 55 heavy (non-hydrogen) atoms. The third-order valence-corrected chi connectivity index (χ3v) is 10.5. The third-order valence-electron chi connectivity index (χ3n) is 9.05. The number of ether oxygens (including phenoxy) is 3. The lowest BCUT2D eigenvalue weighted by atomic mass is 10.2. The molecule has 0 atom stereocenters. The molecule has 0 saturated carbocycles. The van der Waals surface area contributed by atoms with Crippen molar-refractivity contribution in [2.24, 2.45) is 14.1 Å². The lowest BCUT2D eigenvalue weighted by Crippen LogP contribution is -2.37. The molecular weight excluding hydrogens is 773 g/mol. The fourth-order valence-electron chi connectivity index (χ4n) is 6.14. The maximum Gasteiger partial charge on any atom is 0.332 e. The molecule has 2 aromatic heterocycles. The molecule has 0 bridgehead atoms. The summed E-state index contributed by atoms with van der Waals surface area (Å²) >= 11 is 13.3. The molecule has 3 aromatic carbocycles. The van der Waals surface area contributed by atoms with Gasteiger partial charge in [-0.2, -0.15) is 4.98 Å². The molecule has 0 unspecified atom stereocenters. The summed E-state index contributed by atoms with van der Waals surface area (Å²) in [6.07, 6.45) is 1.51. The highest BCUT2D eigenvalue weighted by atomic mass is 35.5. The van der Waals surface area contributed by atoms with E-state index in [0.717, 1.165) is 28.2 Å². The van der Waals surface area contributed by atoms with Crippen LogP contribution in [0.2, 0.25) is 10.0 Å². The van der Waals surface area contributed by atoms with Crippen LogP contribution in [0.5, 0.6) is 17.5 Å². The Labute approximate surface area is 327 Å². The Hall–Kier alpha value is -5.55. The van der Waals surface area contributed by atoms with Crippen LogP contribution in [0, 0.1) is 0 Å². The van der Waals surface area contributed by atoms with Crippen LogP contribution in [-0.2, 0) is 35.0 Å². The van der Waals surface area contributed by atoms with Crippen LogP contribution in [0.4, 0.5) is 16.2 Å². The molecule has 7 rings (SSSR count). The first kappa shape index (κ1) is 37.8. The Balaban J connectivity index is 1.10. The van der Waals surface area contributed by atoms with Crippen molar-refractivity contribution < 1.29 is 28.6 Å². The van der Waals surface area contributed by atoms with Crippen LogP contribution in [-0.4, -0.2) is 80.6 Å². The molecule has 2 saturated heterocycles. The minimum absolute atomic E-state index is 0.0298. The fraction of sp³-hybridized carbons (Fsp3) is 0.243. The van der Waals surface area contributed by atoms with Crippen molar-refractivity contribution >= 4 is 80.6 Å². The number of thioether (sulfide) groups is 1. The Morgan fingerprint density at radius 1 is 0.964 bits per heavy atom. The second-order valence-electron chi connectivity index (χ2n) is 12.6. The van der Waals surface area contributed by atoms with E-state index in [1.54, 1.807) is 48.5 Å². The van der Waals surface area contributed by atoms with Gasteiger partial charge >= 0.3 is 11.7 Å². The lowest BCUT2D eigenvalue weighted by molar-refractivity contribution is -0.127. The van der Waals surface area contributed by atoms with Crippen molar-refractivity contribution in [2.75, 3.05) is 50.2 Å². The topological polar surface area (TPSA) is 159 Å². The largest absolute Gasteiger partial charge is 0.493 e. The van der Waals surface area contributed by atoms with E-state index in [1.807, 2.05) is 12.1 Å². The van der Waals surface area contributed by atoms with Crippen LogP contribution in [0.1, 0.15) is 11.1 Å². The van der Waals surface area contributed by atoms with Crippen molar-refractivity contribution in [3.8, 4) is 17.5 Å². The van der Waals surface area contributed by atoms with Gasteiger partial charge in [0.2, 0.25) is 5.91 Å². The molecule has 3 amide bonds. The molecule has 2 aliphatic rings. The number of carbonyl (C=O) groups is 3. The number of imidazole rings is 1. The van der Waals surface area contributed by atoms with Crippen LogP contribution >= 0.6 is 35.0 Å². The molecule has 5 aromatic rings. The van der Waals surface area contributed by atoms with Crippen LogP contribution in [0.25, 0.3) is 17.2 Å². The first-order valence-electron chi connectivity index (χ1n) is 16.9. The van der Waals surface area contributed by atoms with E-state index in [1.165, 1.54) is 36.4 Å². The second kappa shape index (κ2) is 15.7. The third kappa shape index (κ3) is 7.71. The van der Waals surface area contributed by atoms with Crippen molar-refractivity contribution in [3.05, 3.63) is 108 Å². The minimum atomic E-state index is -0.617. The van der Waals surface area contributed by atoms with E-state index in [0.29, 0.717) is 51.8 Å². The molecular formula is C37H33Cl2N7O8S. The standard InChI is InChI=1S/C37H33Cl2N7O8S/c1-42-32-31(34(49)43(2)36(42)50)45(19-22-5-6-23(38)18-26(22)39)35(41-32)54-27-11-4-21(16-28(27)52-3)17-29-33(48)46(37(51)55-29)20-30(47)40-24-7-9-25(10-8-24)44-12-14-53-15-13-44/h4-11,16-18H,12-15,19-20H2,1-3H3,(H,40,47). The summed E-state index contributed by atoms with van der Waals surface area (Å²) in [5.74, 6) is -0.707. The normalized spacial score (nSPS) is 15.3. The number of rotatable bonds is 10. The van der Waals surface area contributed by atoms with E-state index < -0.39 is 34.8 Å². The van der Waals surface area contributed by atoms with Gasteiger partial charge in [-0.1, -0.05) is 35.3 Å². The number of morpholine rings is 1. The Morgan fingerprint density at radius 3 is 2.42 bits per heavy atom. The molecule has 284 valence electrons. The van der Waals surface area contributed by atoms with Gasteiger partial charge in [-0.25, -0.2) is 4.79 Å². The van der Waals surface area contributed by atoms with Gasteiger partial charge in [0.05, 0.1) is 31.8 Å². The molecule has 1 N–H and O–H groups in total. The number of hydrogen-bond donors (Lipinski definition) is 1. The number of aromatic nitrogens is 4. The van der Waals surface area contributed by atoms with Gasteiger partial charge < -0.3 is 24.4 Å². The quantitative estimate of drug-likeness (QED) is 0.187. The van der Waals surface area contributed by atoms with E-state index in [-0.39, 0.29) is 40.1 Å². The monoisotopic (exact) mass is 805 g/mol. The molecule has 15 nitrogen and oxygen atoms in total. The molecule has 2 fully saturated rings. The Bertz CT molecular complexity index is 2510. The average Bonchev–Trinajstić information content (AvgIpc) is 3.66. The summed E-state index contributed by atoms with van der Waals surface area (Å²) in [4.78, 5) is 72.9. The highest BCUT2D eigenvalue weighted by Gasteiger charge is 2.36. The Kier molecular flexibility index (Phi) is 10.8. The van der Waals surface area contributed by atoms with Gasteiger partial charge in [-0.05, 0) is 77.5 Å². The number of fused-ring (bicyclic) bond motifs is 1. The molecule has 18 heteroatoms. The van der Waals surface area contributed by atoms with Crippen LogP contribution in [0.15, 0.2) is 75.2 Å². The average molecular weight is 807 g/mol. The van der Waals surface area contributed by atoms with Crippen molar-refractivity contribution in [1.29, 1.82) is 0 Å². The lowest BCUT2D eigenvalue weighted by Gasteiger charge is -2.28. The number of benzene rings is 3. The maximum absolute atomic E-state index is 13.4. The summed E-state index contributed by atoms with van der Waals surface area (Å²) in [5.41, 5.74) is 1.69. The number of anilines is 2. The van der Waals surface area contributed by atoms with Gasteiger partial charge in [0, 0.05) is 48.6 Å². The SMILES string of the molecule is COc1cc(C=C2SC(=O)N(CC(=O)Nc3ccc(N4CCOCC4)cc3)C2=O)ccc1Oc1nc2c(c(=O)n(C)c(=O)n2C)n1Cc1ccc(Cl)cc1Cl. The number of halogens is 2. The van der Waals surface area contributed by atoms with Crippen LogP contribution in [0.3, 0.4) is 0 Å². The van der Waals surface area contributed by atoms with Gasteiger partial charge in [0.25, 0.3) is 16.7 Å². The molecule has 2 aliphatic heterocycles. The smallest absolute Gasteiger partial charge is 0.332 e. The number of hydrogen-bond acceptors (Lipinski definition) is 11. The van der Waals surface area contributed by atoms with Gasteiger partial charge in [-0.3, -0.25) is 37.8 Å². The number of aryl methyl sites for hydroxylation is 1. The highest BCUT2D eigenvalue weighted by Crippen LogP contribution is 2.37. The van der Waals surface area contributed by atoms with Gasteiger partial charge in [-0.15, -0.1) is 0 Å². The number of imide groups is 1. The first-order valence-corrected chi connectivity index (χ1v) is 18.4. The summed E-state index contributed by atoms with van der Waals surface area (Å²) in [6, 6.07) is 17.0. The van der Waals surface area contributed by atoms with E-state index in [9.17, 15) is 24.0 Å². The molecule has 0 radical (unpaired) electrons. The zero-order valence-electron chi connectivity index (χ0n) is 29.7. The first-order chi connectivity index (χ1) is 26.4. The molecule has 4 heterocycles. The predicted octanol–water partition coefficient (Wildman–Crippen LogP) is 5.10. The van der Waals surface area contributed by atoms with Crippen molar-refractivity contribution in [1.82, 2.24) is 23.6 Å².